The number of anilines is 1. The molecule has 0 amide bonds. The molecule has 0 aliphatic carbocycles. The normalized spacial score (nSPS) is 14.8. The van der Waals surface area contributed by atoms with Gasteiger partial charge >= 0.3 is 0 Å². The first-order valence-electron chi connectivity index (χ1n) is 7.20. The minimum absolute atomic E-state index is 0.291. The molecule has 0 spiro atoms. The first-order valence-corrected chi connectivity index (χ1v) is 7.58. The van der Waals surface area contributed by atoms with Crippen molar-refractivity contribution >= 4 is 17.4 Å². The van der Waals surface area contributed by atoms with Crippen LogP contribution in [-0.2, 0) is 0 Å². The molecule has 2 aromatic rings. The Kier molecular flexibility index (Phi) is 4.08. The van der Waals surface area contributed by atoms with Crippen molar-refractivity contribution < 1.29 is 0 Å². The van der Waals surface area contributed by atoms with Gasteiger partial charge in [0, 0.05) is 18.7 Å². The Labute approximate surface area is 129 Å². The maximum absolute atomic E-state index is 9.37. The lowest BCUT2D eigenvalue weighted by molar-refractivity contribution is 0.573. The van der Waals surface area contributed by atoms with Crippen molar-refractivity contribution in [3.8, 4) is 17.2 Å². The number of aromatic nitrogens is 1. The van der Waals surface area contributed by atoms with Crippen molar-refractivity contribution in [2.45, 2.75) is 19.3 Å². The van der Waals surface area contributed by atoms with Gasteiger partial charge in [-0.05, 0) is 30.9 Å². The Morgan fingerprint density at radius 1 is 1.10 bits per heavy atom. The van der Waals surface area contributed by atoms with Crippen LogP contribution in [0.25, 0.3) is 11.1 Å². The van der Waals surface area contributed by atoms with Crippen LogP contribution < -0.4 is 4.90 Å². The molecule has 1 aromatic heterocycles. The van der Waals surface area contributed by atoms with Gasteiger partial charge in [0.25, 0.3) is 0 Å². The summed E-state index contributed by atoms with van der Waals surface area (Å²) < 4.78 is 0. The third kappa shape index (κ3) is 2.86. The molecule has 0 saturated carbocycles. The molecule has 3 nitrogen and oxygen atoms in total. The second kappa shape index (κ2) is 6.15. The van der Waals surface area contributed by atoms with Crippen LogP contribution in [0.3, 0.4) is 0 Å². The van der Waals surface area contributed by atoms with Crippen LogP contribution in [-0.4, -0.2) is 18.1 Å². The highest BCUT2D eigenvalue weighted by Crippen LogP contribution is 2.32. The van der Waals surface area contributed by atoms with E-state index in [9.17, 15) is 5.26 Å². The van der Waals surface area contributed by atoms with Crippen LogP contribution in [0.15, 0.2) is 36.4 Å². The van der Waals surface area contributed by atoms with E-state index < -0.39 is 0 Å². The zero-order valence-corrected chi connectivity index (χ0v) is 12.5. The Hall–Kier alpha value is -2.05. The van der Waals surface area contributed by atoms with E-state index in [1.54, 1.807) is 0 Å². The zero-order valence-electron chi connectivity index (χ0n) is 11.7. The molecule has 2 heterocycles. The molecular weight excluding hydrogens is 282 g/mol. The van der Waals surface area contributed by atoms with Crippen LogP contribution in [0.4, 0.5) is 5.82 Å². The number of rotatable bonds is 2. The molecule has 4 heteroatoms. The van der Waals surface area contributed by atoms with E-state index in [0.717, 1.165) is 30.0 Å². The molecule has 0 radical (unpaired) electrons. The fourth-order valence-electron chi connectivity index (χ4n) is 2.74. The molecule has 0 bridgehead atoms. The lowest BCUT2D eigenvalue weighted by atomic mass is 10.0. The highest BCUT2D eigenvalue weighted by atomic mass is 35.5. The summed E-state index contributed by atoms with van der Waals surface area (Å²) in [6.07, 6.45) is 3.63. The molecule has 3 rings (SSSR count). The van der Waals surface area contributed by atoms with Crippen molar-refractivity contribution in [2.24, 2.45) is 0 Å². The summed E-state index contributed by atoms with van der Waals surface area (Å²) in [4.78, 5) is 6.68. The van der Waals surface area contributed by atoms with E-state index in [4.69, 9.17) is 11.6 Å². The summed E-state index contributed by atoms with van der Waals surface area (Å²) in [6.45, 7) is 2.01. The lowest BCUT2D eigenvalue weighted by Crippen LogP contribution is -2.30. The van der Waals surface area contributed by atoms with Gasteiger partial charge in [-0.2, -0.15) is 5.26 Å². The number of halogens is 1. The van der Waals surface area contributed by atoms with E-state index in [1.165, 1.54) is 19.3 Å². The highest BCUT2D eigenvalue weighted by molar-refractivity contribution is 6.31. The number of nitrogens with zero attached hydrogens (tertiary/aromatic N) is 3. The second-order valence-corrected chi connectivity index (χ2v) is 5.58. The van der Waals surface area contributed by atoms with Crippen molar-refractivity contribution in [3.05, 3.63) is 47.1 Å². The second-order valence-electron chi connectivity index (χ2n) is 5.22. The van der Waals surface area contributed by atoms with E-state index in [2.05, 4.69) is 16.0 Å². The van der Waals surface area contributed by atoms with Crippen LogP contribution in [0, 0.1) is 11.3 Å². The fraction of sp³-hybridized carbons (Fsp3) is 0.294. The van der Waals surface area contributed by atoms with Gasteiger partial charge in [-0.1, -0.05) is 41.9 Å². The molecule has 106 valence electrons. The van der Waals surface area contributed by atoms with Gasteiger partial charge < -0.3 is 4.90 Å². The number of hydrogen-bond acceptors (Lipinski definition) is 3. The van der Waals surface area contributed by atoms with Crippen LogP contribution >= 0.6 is 11.6 Å². The Bertz CT molecular complexity index is 670. The first kappa shape index (κ1) is 13.9. The minimum Gasteiger partial charge on any atom is -0.357 e. The van der Waals surface area contributed by atoms with Crippen LogP contribution in [0.1, 0.15) is 24.8 Å². The maximum atomic E-state index is 9.37. The van der Waals surface area contributed by atoms with E-state index in [0.29, 0.717) is 10.7 Å². The lowest BCUT2D eigenvalue weighted by Gasteiger charge is -2.28. The molecule has 0 N–H and O–H groups in total. The van der Waals surface area contributed by atoms with E-state index in [-0.39, 0.29) is 0 Å². The van der Waals surface area contributed by atoms with Crippen molar-refractivity contribution in [3.63, 3.8) is 0 Å². The van der Waals surface area contributed by atoms with Gasteiger partial charge in [-0.3, -0.25) is 0 Å². The Morgan fingerprint density at radius 2 is 1.81 bits per heavy atom. The number of piperidine rings is 1. The molecule has 1 saturated heterocycles. The first-order chi connectivity index (χ1) is 10.3. The van der Waals surface area contributed by atoms with Gasteiger partial charge in [0.1, 0.15) is 17.0 Å². The van der Waals surface area contributed by atoms with Gasteiger partial charge in [0.2, 0.25) is 0 Å². The molecule has 1 aromatic carbocycles. The average Bonchev–Trinajstić information content (AvgIpc) is 2.55. The van der Waals surface area contributed by atoms with Crippen molar-refractivity contribution in [2.75, 3.05) is 18.0 Å². The monoisotopic (exact) mass is 297 g/mol. The quantitative estimate of drug-likeness (QED) is 0.777. The van der Waals surface area contributed by atoms with Crippen LogP contribution in [0.5, 0.6) is 0 Å². The van der Waals surface area contributed by atoms with E-state index >= 15 is 0 Å². The molecule has 0 unspecified atom stereocenters. The summed E-state index contributed by atoms with van der Waals surface area (Å²) >= 11 is 6.24. The third-order valence-electron chi connectivity index (χ3n) is 3.84. The fourth-order valence-corrected chi connectivity index (χ4v) is 2.97. The molecule has 1 fully saturated rings. The number of nitriles is 1. The summed E-state index contributed by atoms with van der Waals surface area (Å²) in [5.41, 5.74) is 2.30. The number of benzene rings is 1. The largest absolute Gasteiger partial charge is 0.357 e. The van der Waals surface area contributed by atoms with Gasteiger partial charge in [-0.15, -0.1) is 0 Å². The van der Waals surface area contributed by atoms with Crippen molar-refractivity contribution in [1.82, 2.24) is 4.98 Å². The topological polar surface area (TPSA) is 39.9 Å². The average molecular weight is 298 g/mol. The van der Waals surface area contributed by atoms with Gasteiger partial charge in [-0.25, -0.2) is 4.98 Å². The highest BCUT2D eigenvalue weighted by Gasteiger charge is 2.17. The smallest absolute Gasteiger partial charge is 0.149 e. The van der Waals surface area contributed by atoms with Crippen LogP contribution in [0.2, 0.25) is 5.15 Å². The number of hydrogen-bond donors (Lipinski definition) is 0. The molecule has 0 atom stereocenters. The standard InChI is InChI=1S/C17H16ClN3/c18-17-15(12-19)14(13-7-3-1-4-8-13)11-16(20-17)21-9-5-2-6-10-21/h1,3-4,7-8,11H,2,5-6,9-10H2. The summed E-state index contributed by atoms with van der Waals surface area (Å²) in [5, 5.41) is 9.66. The number of pyridine rings is 1. The predicted octanol–water partition coefficient (Wildman–Crippen LogP) is 4.26. The molecule has 21 heavy (non-hydrogen) atoms. The van der Waals surface area contributed by atoms with E-state index in [1.807, 2.05) is 36.4 Å². The van der Waals surface area contributed by atoms with Crippen molar-refractivity contribution in [1.29, 1.82) is 5.26 Å². The zero-order chi connectivity index (χ0) is 14.7. The third-order valence-corrected chi connectivity index (χ3v) is 4.11. The van der Waals surface area contributed by atoms with Gasteiger partial charge in [0.15, 0.2) is 0 Å². The Morgan fingerprint density at radius 3 is 2.48 bits per heavy atom. The molecule has 1 aliphatic heterocycles. The summed E-state index contributed by atoms with van der Waals surface area (Å²) in [5.74, 6) is 0.873. The Balaban J connectivity index is 2.09. The maximum Gasteiger partial charge on any atom is 0.149 e. The van der Waals surface area contributed by atoms with Gasteiger partial charge in [0.05, 0.1) is 5.56 Å². The molecule has 1 aliphatic rings. The summed E-state index contributed by atoms with van der Waals surface area (Å²) in [6, 6.07) is 14.0. The SMILES string of the molecule is N#Cc1c(-c2ccccc2)cc(N2CCCCC2)nc1Cl. The molecular formula is C17H16ClN3. The predicted molar refractivity (Wildman–Crippen MR) is 85.5 cm³/mol. The summed E-state index contributed by atoms with van der Waals surface area (Å²) in [7, 11) is 0. The minimum atomic E-state index is 0.291.